The van der Waals surface area contributed by atoms with Crippen LogP contribution in [0, 0.1) is 0 Å². The van der Waals surface area contributed by atoms with Crippen LogP contribution in [0.1, 0.15) is 50.2 Å². The standard InChI is InChI=1S/C21H26F3N3O/c1-2-3-4-5-6-9-16-12-14-17(15-13-16)25-20(28)27-26-19-11-8-7-10-18(19)21(22,23)24/h7-8,10-15,26H,2-6,9H2,1H3,(H2,25,27,28). The van der Waals surface area contributed by atoms with Gasteiger partial charge >= 0.3 is 12.2 Å². The van der Waals surface area contributed by atoms with Crippen molar-refractivity contribution in [3.05, 3.63) is 59.7 Å². The third-order valence-electron chi connectivity index (χ3n) is 4.32. The van der Waals surface area contributed by atoms with E-state index in [9.17, 15) is 18.0 Å². The molecule has 0 saturated heterocycles. The molecule has 2 rings (SSSR count). The number of urea groups is 1. The molecule has 0 aliphatic heterocycles. The minimum atomic E-state index is -4.51. The molecule has 3 N–H and O–H groups in total. The number of unbranched alkanes of at least 4 members (excludes halogenated alkanes) is 4. The van der Waals surface area contributed by atoms with Crippen LogP contribution >= 0.6 is 0 Å². The second-order valence-electron chi connectivity index (χ2n) is 6.61. The lowest BCUT2D eigenvalue weighted by Gasteiger charge is -2.15. The van der Waals surface area contributed by atoms with E-state index in [2.05, 4.69) is 23.1 Å². The molecule has 152 valence electrons. The molecule has 0 saturated carbocycles. The monoisotopic (exact) mass is 393 g/mol. The molecule has 0 radical (unpaired) electrons. The molecule has 0 aliphatic carbocycles. The Morgan fingerprint density at radius 3 is 2.29 bits per heavy atom. The third-order valence-corrected chi connectivity index (χ3v) is 4.32. The number of para-hydroxylation sites is 1. The van der Waals surface area contributed by atoms with Gasteiger partial charge in [0.1, 0.15) is 0 Å². The van der Waals surface area contributed by atoms with Crippen LogP contribution in [0.4, 0.5) is 29.3 Å². The summed E-state index contributed by atoms with van der Waals surface area (Å²) >= 11 is 0. The smallest absolute Gasteiger partial charge is 0.307 e. The summed E-state index contributed by atoms with van der Waals surface area (Å²) in [6.07, 6.45) is 2.57. The Kier molecular flexibility index (Phi) is 8.17. The van der Waals surface area contributed by atoms with E-state index in [1.54, 1.807) is 12.1 Å². The summed E-state index contributed by atoms with van der Waals surface area (Å²) < 4.78 is 38.8. The zero-order valence-corrected chi connectivity index (χ0v) is 15.9. The van der Waals surface area contributed by atoms with E-state index in [0.717, 1.165) is 18.9 Å². The number of alkyl halides is 3. The molecule has 0 unspecified atom stereocenters. The predicted octanol–water partition coefficient (Wildman–Crippen LogP) is 6.37. The number of benzene rings is 2. The minimum Gasteiger partial charge on any atom is -0.307 e. The maximum absolute atomic E-state index is 12.9. The number of anilines is 2. The van der Waals surface area contributed by atoms with Gasteiger partial charge in [-0.25, -0.2) is 4.79 Å². The number of hydrogen-bond acceptors (Lipinski definition) is 2. The Balaban J connectivity index is 1.81. The SMILES string of the molecule is CCCCCCCc1ccc(NC(=O)NNc2ccccc2C(F)(F)F)cc1. The Morgan fingerprint density at radius 2 is 1.61 bits per heavy atom. The molecule has 28 heavy (non-hydrogen) atoms. The molecule has 0 heterocycles. The Hall–Kier alpha value is -2.70. The molecule has 7 heteroatoms. The quantitative estimate of drug-likeness (QED) is 0.343. The summed E-state index contributed by atoms with van der Waals surface area (Å²) in [7, 11) is 0. The average Bonchev–Trinajstić information content (AvgIpc) is 2.67. The summed E-state index contributed by atoms with van der Waals surface area (Å²) in [5, 5.41) is 2.59. The molecule has 2 amide bonds. The maximum Gasteiger partial charge on any atom is 0.418 e. The van der Waals surface area contributed by atoms with Crippen LogP contribution in [0.15, 0.2) is 48.5 Å². The van der Waals surface area contributed by atoms with Crippen LogP contribution in [-0.4, -0.2) is 6.03 Å². The van der Waals surface area contributed by atoms with Crippen LogP contribution in [0.25, 0.3) is 0 Å². The molecule has 0 bridgehead atoms. The van der Waals surface area contributed by atoms with Gasteiger partial charge in [0.2, 0.25) is 0 Å². The zero-order valence-electron chi connectivity index (χ0n) is 15.9. The number of hydrazine groups is 1. The summed E-state index contributed by atoms with van der Waals surface area (Å²) in [5.74, 6) is 0. The molecule has 0 spiro atoms. The van der Waals surface area contributed by atoms with Gasteiger partial charge in [-0.3, -0.25) is 10.9 Å². The first-order valence-electron chi connectivity index (χ1n) is 9.48. The van der Waals surface area contributed by atoms with E-state index in [0.29, 0.717) is 5.69 Å². The first kappa shape index (κ1) is 21.6. The molecule has 2 aromatic carbocycles. The van der Waals surface area contributed by atoms with Crippen LogP contribution in [0.3, 0.4) is 0 Å². The van der Waals surface area contributed by atoms with Crippen molar-refractivity contribution in [2.24, 2.45) is 0 Å². The molecule has 0 fully saturated rings. The third kappa shape index (κ3) is 7.13. The van der Waals surface area contributed by atoms with Crippen molar-refractivity contribution in [2.45, 2.75) is 51.6 Å². The lowest BCUT2D eigenvalue weighted by atomic mass is 10.1. The summed E-state index contributed by atoms with van der Waals surface area (Å²) in [6.45, 7) is 2.19. The number of carbonyl (C=O) groups excluding carboxylic acids is 1. The van der Waals surface area contributed by atoms with E-state index in [4.69, 9.17) is 0 Å². The second-order valence-corrected chi connectivity index (χ2v) is 6.61. The molecule has 0 atom stereocenters. The first-order valence-corrected chi connectivity index (χ1v) is 9.48. The van der Waals surface area contributed by atoms with E-state index < -0.39 is 17.8 Å². The van der Waals surface area contributed by atoms with Gasteiger partial charge in [-0.2, -0.15) is 13.2 Å². The normalized spacial score (nSPS) is 11.1. The molecule has 2 aromatic rings. The Morgan fingerprint density at radius 1 is 0.929 bits per heavy atom. The Bertz CT molecular complexity index is 745. The summed E-state index contributed by atoms with van der Waals surface area (Å²) in [6, 6.07) is 11.8. The van der Waals surface area contributed by atoms with Crippen LogP contribution in [0.2, 0.25) is 0 Å². The van der Waals surface area contributed by atoms with Crippen molar-refractivity contribution in [1.82, 2.24) is 5.43 Å². The fraction of sp³-hybridized carbons (Fsp3) is 0.381. The van der Waals surface area contributed by atoms with E-state index in [-0.39, 0.29) is 5.69 Å². The molecular formula is C21H26F3N3O. The number of carbonyl (C=O) groups is 1. The van der Waals surface area contributed by atoms with Gasteiger partial charge in [-0.05, 0) is 42.7 Å². The minimum absolute atomic E-state index is 0.219. The number of nitrogens with one attached hydrogen (secondary N) is 3. The molecule has 4 nitrogen and oxygen atoms in total. The van der Waals surface area contributed by atoms with E-state index in [1.165, 1.54) is 49.4 Å². The fourth-order valence-electron chi connectivity index (χ4n) is 2.81. The van der Waals surface area contributed by atoms with Gasteiger partial charge in [-0.1, -0.05) is 56.9 Å². The molecular weight excluding hydrogens is 367 g/mol. The maximum atomic E-state index is 12.9. The van der Waals surface area contributed by atoms with E-state index in [1.807, 2.05) is 12.1 Å². The highest BCUT2D eigenvalue weighted by Gasteiger charge is 2.33. The van der Waals surface area contributed by atoms with Crippen LogP contribution < -0.4 is 16.2 Å². The summed E-state index contributed by atoms with van der Waals surface area (Å²) in [4.78, 5) is 11.9. The van der Waals surface area contributed by atoms with Gasteiger partial charge in [0.15, 0.2) is 0 Å². The molecule has 0 aliphatic rings. The topological polar surface area (TPSA) is 53.2 Å². The lowest BCUT2D eigenvalue weighted by Crippen LogP contribution is -2.34. The largest absolute Gasteiger partial charge is 0.418 e. The Labute approximate surface area is 163 Å². The lowest BCUT2D eigenvalue weighted by molar-refractivity contribution is -0.137. The number of aryl methyl sites for hydroxylation is 1. The van der Waals surface area contributed by atoms with Gasteiger partial charge in [-0.15, -0.1) is 0 Å². The highest BCUT2D eigenvalue weighted by atomic mass is 19.4. The number of halogens is 3. The van der Waals surface area contributed by atoms with Crippen LogP contribution in [0.5, 0.6) is 0 Å². The van der Waals surface area contributed by atoms with Crippen LogP contribution in [-0.2, 0) is 12.6 Å². The highest BCUT2D eigenvalue weighted by molar-refractivity contribution is 5.90. The van der Waals surface area contributed by atoms with Crippen molar-refractivity contribution in [1.29, 1.82) is 0 Å². The number of amides is 2. The first-order chi connectivity index (χ1) is 13.4. The van der Waals surface area contributed by atoms with E-state index >= 15 is 0 Å². The summed E-state index contributed by atoms with van der Waals surface area (Å²) in [5.41, 5.74) is 5.24. The molecule has 0 aromatic heterocycles. The van der Waals surface area contributed by atoms with Crippen molar-refractivity contribution in [3.63, 3.8) is 0 Å². The zero-order chi connectivity index (χ0) is 20.4. The van der Waals surface area contributed by atoms with Crippen molar-refractivity contribution in [3.8, 4) is 0 Å². The number of rotatable bonds is 9. The van der Waals surface area contributed by atoms with Crippen molar-refractivity contribution >= 4 is 17.4 Å². The van der Waals surface area contributed by atoms with Crippen molar-refractivity contribution < 1.29 is 18.0 Å². The predicted molar refractivity (Wildman–Crippen MR) is 106 cm³/mol. The van der Waals surface area contributed by atoms with Gasteiger partial charge in [0.05, 0.1) is 11.3 Å². The van der Waals surface area contributed by atoms with Crippen molar-refractivity contribution in [2.75, 3.05) is 10.7 Å². The highest BCUT2D eigenvalue weighted by Crippen LogP contribution is 2.34. The average molecular weight is 393 g/mol. The van der Waals surface area contributed by atoms with Gasteiger partial charge in [0, 0.05) is 5.69 Å². The fourth-order valence-corrected chi connectivity index (χ4v) is 2.81. The number of hydrogen-bond donors (Lipinski definition) is 3. The van der Waals surface area contributed by atoms with Gasteiger partial charge < -0.3 is 5.32 Å². The second kappa shape index (κ2) is 10.6. The van der Waals surface area contributed by atoms with Gasteiger partial charge in [0.25, 0.3) is 0 Å².